The lowest BCUT2D eigenvalue weighted by Gasteiger charge is -2.38. The van der Waals surface area contributed by atoms with Crippen molar-refractivity contribution in [2.75, 3.05) is 26.2 Å². The van der Waals surface area contributed by atoms with Gasteiger partial charge in [0.1, 0.15) is 0 Å². The van der Waals surface area contributed by atoms with Crippen LogP contribution < -0.4 is 10.5 Å². The topological polar surface area (TPSA) is 78.7 Å². The van der Waals surface area contributed by atoms with E-state index in [0.717, 1.165) is 38.6 Å². The van der Waals surface area contributed by atoms with Crippen LogP contribution in [-0.4, -0.2) is 61.9 Å². The van der Waals surface area contributed by atoms with E-state index in [9.17, 15) is 8.42 Å². The van der Waals surface area contributed by atoms with Gasteiger partial charge in [0.2, 0.25) is 0 Å². The first kappa shape index (κ1) is 15.7. The van der Waals surface area contributed by atoms with Crippen LogP contribution in [0.4, 0.5) is 0 Å². The molecule has 0 amide bonds. The minimum Gasteiger partial charge on any atom is -0.329 e. The first-order chi connectivity index (χ1) is 10.1. The fourth-order valence-corrected chi connectivity index (χ4v) is 5.86. The molecule has 0 bridgehead atoms. The molecule has 0 radical (unpaired) electrons. The first-order valence-electron chi connectivity index (χ1n) is 8.33. The van der Waals surface area contributed by atoms with Crippen LogP contribution >= 0.6 is 0 Å². The molecule has 6 nitrogen and oxygen atoms in total. The van der Waals surface area contributed by atoms with Gasteiger partial charge in [0.25, 0.3) is 10.2 Å². The van der Waals surface area contributed by atoms with Crippen molar-refractivity contribution in [1.82, 2.24) is 13.9 Å². The van der Waals surface area contributed by atoms with Crippen molar-refractivity contribution in [3.05, 3.63) is 0 Å². The maximum Gasteiger partial charge on any atom is 0.279 e. The molecule has 3 saturated heterocycles. The SMILES string of the molecule is NCC1CCCCN1S(=O)(=O)NC1CCN2CCCC2C1. The van der Waals surface area contributed by atoms with Crippen LogP contribution in [0.3, 0.4) is 0 Å². The summed E-state index contributed by atoms with van der Waals surface area (Å²) in [6, 6.07) is 0.649. The van der Waals surface area contributed by atoms with Crippen molar-refractivity contribution < 1.29 is 8.42 Å². The van der Waals surface area contributed by atoms with E-state index in [2.05, 4.69) is 9.62 Å². The second-order valence-corrected chi connectivity index (χ2v) is 8.33. The van der Waals surface area contributed by atoms with E-state index in [0.29, 0.717) is 19.1 Å². The number of nitrogens with two attached hydrogens (primary N) is 1. The van der Waals surface area contributed by atoms with Crippen LogP contribution in [0.5, 0.6) is 0 Å². The second-order valence-electron chi connectivity index (χ2n) is 6.67. The maximum absolute atomic E-state index is 12.7. The van der Waals surface area contributed by atoms with Crippen molar-refractivity contribution in [2.24, 2.45) is 5.73 Å². The summed E-state index contributed by atoms with van der Waals surface area (Å²) < 4.78 is 29.9. The van der Waals surface area contributed by atoms with E-state index in [4.69, 9.17) is 5.73 Å². The molecule has 3 atom stereocenters. The number of hydrogen-bond acceptors (Lipinski definition) is 4. The Hall–Kier alpha value is -0.210. The van der Waals surface area contributed by atoms with Gasteiger partial charge in [0.05, 0.1) is 0 Å². The van der Waals surface area contributed by atoms with Gasteiger partial charge in [-0.3, -0.25) is 0 Å². The highest BCUT2D eigenvalue weighted by molar-refractivity contribution is 7.87. The molecule has 0 aliphatic carbocycles. The fourth-order valence-electron chi connectivity index (χ4n) is 4.14. The molecular weight excluding hydrogens is 288 g/mol. The van der Waals surface area contributed by atoms with Gasteiger partial charge in [0.15, 0.2) is 0 Å². The average molecular weight is 316 g/mol. The van der Waals surface area contributed by atoms with Crippen molar-refractivity contribution in [3.63, 3.8) is 0 Å². The average Bonchev–Trinajstić information content (AvgIpc) is 2.94. The monoisotopic (exact) mass is 316 g/mol. The Kier molecular flexibility index (Phi) is 4.85. The molecule has 0 spiro atoms. The van der Waals surface area contributed by atoms with E-state index in [1.165, 1.54) is 19.4 Å². The molecule has 3 fully saturated rings. The predicted molar refractivity (Wildman–Crippen MR) is 83.1 cm³/mol. The molecule has 3 N–H and O–H groups in total. The summed E-state index contributed by atoms with van der Waals surface area (Å²) in [5.41, 5.74) is 5.75. The number of nitrogens with one attached hydrogen (secondary N) is 1. The Morgan fingerprint density at radius 2 is 1.90 bits per heavy atom. The van der Waals surface area contributed by atoms with Crippen LogP contribution in [0.15, 0.2) is 0 Å². The molecule has 3 rings (SSSR count). The van der Waals surface area contributed by atoms with Gasteiger partial charge in [-0.25, -0.2) is 0 Å². The normalized spacial score (nSPS) is 35.8. The van der Waals surface area contributed by atoms with Crippen molar-refractivity contribution in [3.8, 4) is 0 Å². The molecular formula is C14H28N4O2S. The Bertz CT molecular complexity index is 456. The Labute approximate surface area is 128 Å². The zero-order valence-electron chi connectivity index (χ0n) is 12.7. The Balaban J connectivity index is 1.62. The third kappa shape index (κ3) is 3.42. The Morgan fingerprint density at radius 3 is 2.71 bits per heavy atom. The summed E-state index contributed by atoms with van der Waals surface area (Å²) in [5.74, 6) is 0. The third-order valence-electron chi connectivity index (χ3n) is 5.29. The van der Waals surface area contributed by atoms with E-state index in [1.54, 1.807) is 4.31 Å². The van der Waals surface area contributed by atoms with Gasteiger partial charge in [-0.05, 0) is 51.6 Å². The number of hydrogen-bond donors (Lipinski definition) is 2. The summed E-state index contributed by atoms with van der Waals surface area (Å²) in [5, 5.41) is 0. The van der Waals surface area contributed by atoms with Crippen LogP contribution in [0.2, 0.25) is 0 Å². The number of nitrogens with zero attached hydrogens (tertiary/aromatic N) is 2. The van der Waals surface area contributed by atoms with Crippen LogP contribution in [0, 0.1) is 0 Å². The highest BCUT2D eigenvalue weighted by Crippen LogP contribution is 2.28. The smallest absolute Gasteiger partial charge is 0.279 e. The summed E-state index contributed by atoms with van der Waals surface area (Å²) >= 11 is 0. The molecule has 3 heterocycles. The molecule has 7 heteroatoms. The quantitative estimate of drug-likeness (QED) is 0.780. The molecule has 21 heavy (non-hydrogen) atoms. The summed E-state index contributed by atoms with van der Waals surface area (Å²) in [6.07, 6.45) is 7.27. The van der Waals surface area contributed by atoms with Gasteiger partial charge in [0, 0.05) is 31.2 Å². The predicted octanol–water partition coefficient (Wildman–Crippen LogP) is 0.261. The maximum atomic E-state index is 12.7. The van der Waals surface area contributed by atoms with Crippen molar-refractivity contribution in [2.45, 2.75) is 63.1 Å². The third-order valence-corrected chi connectivity index (χ3v) is 7.02. The van der Waals surface area contributed by atoms with Crippen LogP contribution in [-0.2, 0) is 10.2 Å². The molecule has 122 valence electrons. The molecule has 0 aromatic rings. The zero-order chi connectivity index (χ0) is 14.9. The van der Waals surface area contributed by atoms with Gasteiger partial charge < -0.3 is 10.6 Å². The molecule has 0 aromatic carbocycles. The fraction of sp³-hybridized carbons (Fsp3) is 1.00. The van der Waals surface area contributed by atoms with Crippen LogP contribution in [0.1, 0.15) is 44.9 Å². The standard InChI is InChI=1S/C14H28N4O2S/c15-11-14-4-1-2-8-18(14)21(19,20)16-12-6-9-17-7-3-5-13(17)10-12/h12-14,16H,1-11,15H2. The minimum absolute atomic E-state index is 0.0252. The lowest BCUT2D eigenvalue weighted by molar-refractivity contribution is 0.173. The summed E-state index contributed by atoms with van der Waals surface area (Å²) in [4.78, 5) is 2.51. The van der Waals surface area contributed by atoms with Gasteiger partial charge in [-0.15, -0.1) is 0 Å². The number of rotatable bonds is 4. The first-order valence-corrected chi connectivity index (χ1v) is 9.77. The Morgan fingerprint density at radius 1 is 1.05 bits per heavy atom. The van der Waals surface area contributed by atoms with Gasteiger partial charge in [-0.2, -0.15) is 17.4 Å². The molecule has 3 aliphatic heterocycles. The van der Waals surface area contributed by atoms with Gasteiger partial charge >= 0.3 is 0 Å². The largest absolute Gasteiger partial charge is 0.329 e. The highest BCUT2D eigenvalue weighted by Gasteiger charge is 2.37. The van der Waals surface area contributed by atoms with E-state index >= 15 is 0 Å². The highest BCUT2D eigenvalue weighted by atomic mass is 32.2. The van der Waals surface area contributed by atoms with Crippen molar-refractivity contribution in [1.29, 1.82) is 0 Å². The van der Waals surface area contributed by atoms with Crippen molar-refractivity contribution >= 4 is 10.2 Å². The lowest BCUT2D eigenvalue weighted by Crippen LogP contribution is -2.55. The molecule has 3 aliphatic rings. The molecule has 0 saturated carbocycles. The number of fused-ring (bicyclic) bond motifs is 1. The summed E-state index contributed by atoms with van der Waals surface area (Å²) in [7, 11) is -3.39. The molecule has 3 unspecified atom stereocenters. The summed E-state index contributed by atoms with van der Waals surface area (Å²) in [6.45, 7) is 3.24. The van der Waals surface area contributed by atoms with E-state index in [1.807, 2.05) is 0 Å². The minimum atomic E-state index is -3.39. The lowest BCUT2D eigenvalue weighted by atomic mass is 9.99. The van der Waals surface area contributed by atoms with Gasteiger partial charge in [-0.1, -0.05) is 6.42 Å². The molecule has 0 aromatic heterocycles. The second kappa shape index (κ2) is 6.50. The van der Waals surface area contributed by atoms with E-state index < -0.39 is 10.2 Å². The zero-order valence-corrected chi connectivity index (χ0v) is 13.5. The van der Waals surface area contributed by atoms with E-state index in [-0.39, 0.29) is 12.1 Å². The van der Waals surface area contributed by atoms with Crippen LogP contribution in [0.25, 0.3) is 0 Å². The number of piperidine rings is 2.